The van der Waals surface area contributed by atoms with Gasteiger partial charge in [-0.1, -0.05) is 6.42 Å². The van der Waals surface area contributed by atoms with E-state index in [0.29, 0.717) is 23.4 Å². The Morgan fingerprint density at radius 1 is 1.17 bits per heavy atom. The molecule has 9 nitrogen and oxygen atoms in total. The number of carbonyl (C=O) groups excluding carboxylic acids is 2. The molecule has 1 unspecified atom stereocenters. The quantitative estimate of drug-likeness (QED) is 0.390. The number of aromatic nitrogens is 2. The van der Waals surface area contributed by atoms with Gasteiger partial charge in [0.1, 0.15) is 5.75 Å². The number of hydrogen-bond donors (Lipinski definition) is 3. The van der Waals surface area contributed by atoms with Crippen LogP contribution >= 0.6 is 0 Å². The number of nitrogens with zero attached hydrogens (tertiary/aromatic N) is 3. The van der Waals surface area contributed by atoms with Crippen molar-refractivity contribution in [2.45, 2.75) is 76.6 Å². The van der Waals surface area contributed by atoms with Gasteiger partial charge >= 0.3 is 6.18 Å². The SMILES string of the molecule is COc1cc(C(=O)NC2CCN(C)CC2)ccc1Nc1ncc(C(F)(F)F)c(CC[C@@H]2C[C@@]23CCCC3NC(C)=O)n1. The Balaban J connectivity index is 1.28. The Hall–Kier alpha value is -3.41. The van der Waals surface area contributed by atoms with E-state index in [1.165, 1.54) is 14.0 Å². The van der Waals surface area contributed by atoms with Crippen molar-refractivity contribution < 1.29 is 27.5 Å². The number of methoxy groups -OCH3 is 1. The van der Waals surface area contributed by atoms with Gasteiger partial charge < -0.3 is 25.6 Å². The van der Waals surface area contributed by atoms with E-state index in [4.69, 9.17) is 4.74 Å². The first kappa shape index (κ1) is 30.1. The predicted molar refractivity (Wildman–Crippen MR) is 152 cm³/mol. The Labute approximate surface area is 244 Å². The Bertz CT molecular complexity index is 1310. The van der Waals surface area contributed by atoms with Crippen LogP contribution in [0.5, 0.6) is 5.75 Å². The van der Waals surface area contributed by atoms with Crippen molar-refractivity contribution in [1.82, 2.24) is 25.5 Å². The fourth-order valence-electron chi connectivity index (χ4n) is 6.77. The molecule has 3 fully saturated rings. The number of nitrogens with one attached hydrogen (secondary N) is 3. The van der Waals surface area contributed by atoms with Gasteiger partial charge in [0.05, 0.1) is 24.1 Å². The molecule has 1 aliphatic heterocycles. The lowest BCUT2D eigenvalue weighted by Gasteiger charge is -2.29. The van der Waals surface area contributed by atoms with Crippen LogP contribution in [-0.4, -0.2) is 66.0 Å². The first-order valence-corrected chi connectivity index (χ1v) is 14.6. The summed E-state index contributed by atoms with van der Waals surface area (Å²) in [4.78, 5) is 35.0. The normalized spacial score (nSPS) is 24.4. The van der Waals surface area contributed by atoms with Crippen LogP contribution in [0.2, 0.25) is 0 Å². The number of amides is 2. The van der Waals surface area contributed by atoms with Crippen LogP contribution in [0.4, 0.5) is 24.8 Å². The maximum absolute atomic E-state index is 13.9. The lowest BCUT2D eigenvalue weighted by Crippen LogP contribution is -2.43. The van der Waals surface area contributed by atoms with Gasteiger partial charge in [-0.05, 0) is 94.6 Å². The largest absolute Gasteiger partial charge is 0.495 e. The van der Waals surface area contributed by atoms with Crippen molar-refractivity contribution >= 4 is 23.5 Å². The second-order valence-corrected chi connectivity index (χ2v) is 12.0. The van der Waals surface area contributed by atoms with E-state index in [9.17, 15) is 22.8 Å². The number of likely N-dealkylation sites (tertiary alicyclic amines) is 1. The summed E-state index contributed by atoms with van der Waals surface area (Å²) >= 11 is 0. The van der Waals surface area contributed by atoms with Crippen molar-refractivity contribution in [3.63, 3.8) is 0 Å². The molecule has 0 bridgehead atoms. The number of ether oxygens (including phenoxy) is 1. The average Bonchev–Trinajstić information content (AvgIpc) is 3.51. The van der Waals surface area contributed by atoms with Crippen molar-refractivity contribution in [3.05, 3.63) is 41.2 Å². The summed E-state index contributed by atoms with van der Waals surface area (Å²) in [5.41, 5.74) is -0.0606. The molecule has 2 amide bonds. The lowest BCUT2D eigenvalue weighted by molar-refractivity contribution is -0.138. The summed E-state index contributed by atoms with van der Waals surface area (Å²) in [7, 11) is 3.52. The highest BCUT2D eigenvalue weighted by Gasteiger charge is 2.60. The zero-order chi connectivity index (χ0) is 30.1. The Kier molecular flexibility index (Phi) is 8.63. The average molecular weight is 589 g/mol. The molecule has 3 aliphatic rings. The first-order chi connectivity index (χ1) is 20.0. The second-order valence-electron chi connectivity index (χ2n) is 12.0. The maximum atomic E-state index is 13.9. The molecule has 12 heteroatoms. The van der Waals surface area contributed by atoms with Crippen LogP contribution in [0.25, 0.3) is 0 Å². The van der Waals surface area contributed by atoms with E-state index >= 15 is 0 Å². The Morgan fingerprint density at radius 3 is 2.62 bits per heavy atom. The topological polar surface area (TPSA) is 108 Å². The monoisotopic (exact) mass is 588 g/mol. The number of aryl methyl sites for hydroxylation is 1. The smallest absolute Gasteiger partial charge is 0.419 e. The number of alkyl halides is 3. The van der Waals surface area contributed by atoms with Gasteiger partial charge in [-0.25, -0.2) is 9.97 Å². The van der Waals surface area contributed by atoms with Crippen molar-refractivity contribution in [3.8, 4) is 5.75 Å². The molecule has 3 atom stereocenters. The summed E-state index contributed by atoms with van der Waals surface area (Å²) < 4.78 is 47.1. The molecule has 2 saturated carbocycles. The minimum absolute atomic E-state index is 0.00703. The van der Waals surface area contributed by atoms with Crippen LogP contribution in [0, 0.1) is 11.3 Å². The number of piperidine rings is 1. The third-order valence-corrected chi connectivity index (χ3v) is 9.15. The molecule has 42 heavy (non-hydrogen) atoms. The van der Waals surface area contributed by atoms with Gasteiger partial charge in [0, 0.05) is 30.8 Å². The van der Waals surface area contributed by atoms with E-state index in [0.717, 1.165) is 57.8 Å². The van der Waals surface area contributed by atoms with Gasteiger partial charge in [0.2, 0.25) is 11.9 Å². The fraction of sp³-hybridized carbons (Fsp3) is 0.600. The van der Waals surface area contributed by atoms with E-state index < -0.39 is 11.7 Å². The van der Waals surface area contributed by atoms with Gasteiger partial charge in [-0.15, -0.1) is 0 Å². The second kappa shape index (κ2) is 12.1. The van der Waals surface area contributed by atoms with E-state index in [-0.39, 0.29) is 53.3 Å². The van der Waals surface area contributed by atoms with Crippen LogP contribution in [0.15, 0.2) is 24.4 Å². The number of hydrogen-bond acceptors (Lipinski definition) is 7. The molecule has 0 radical (unpaired) electrons. The first-order valence-electron chi connectivity index (χ1n) is 14.6. The third kappa shape index (κ3) is 6.63. The summed E-state index contributed by atoms with van der Waals surface area (Å²) in [6.07, 6.45) is 2.51. The lowest BCUT2D eigenvalue weighted by atomic mass is 9.94. The summed E-state index contributed by atoms with van der Waals surface area (Å²) in [5, 5.41) is 9.09. The molecule has 1 aromatic heterocycles. The zero-order valence-electron chi connectivity index (χ0n) is 24.3. The Morgan fingerprint density at radius 2 is 1.93 bits per heavy atom. The van der Waals surface area contributed by atoms with Gasteiger partial charge in [-0.3, -0.25) is 9.59 Å². The summed E-state index contributed by atoms with van der Waals surface area (Å²) in [6.45, 7) is 3.35. The highest BCUT2D eigenvalue weighted by Crippen LogP contribution is 2.64. The number of rotatable bonds is 9. The minimum Gasteiger partial charge on any atom is -0.495 e. The molecule has 228 valence electrons. The molecule has 1 aromatic carbocycles. The van der Waals surface area contributed by atoms with E-state index in [2.05, 4.69) is 37.9 Å². The van der Waals surface area contributed by atoms with Crippen LogP contribution in [-0.2, 0) is 17.4 Å². The number of carbonyl (C=O) groups is 2. The zero-order valence-corrected chi connectivity index (χ0v) is 24.3. The van der Waals surface area contributed by atoms with E-state index in [1.54, 1.807) is 18.2 Å². The highest BCUT2D eigenvalue weighted by atomic mass is 19.4. The minimum atomic E-state index is -4.58. The third-order valence-electron chi connectivity index (χ3n) is 9.15. The summed E-state index contributed by atoms with van der Waals surface area (Å²) in [6, 6.07) is 5.06. The molecule has 1 spiro atoms. The van der Waals surface area contributed by atoms with Gasteiger partial charge in [0.15, 0.2) is 0 Å². The molecule has 3 N–H and O–H groups in total. The number of anilines is 2. The standard InChI is InChI=1S/C30H39F3N6O3/c1-18(40)35-26-5-4-12-29(26)16-20(29)7-9-23-22(30(31,32)33)17-34-28(37-23)38-24-8-6-19(15-25(24)42-3)27(41)36-21-10-13-39(2)14-11-21/h6,8,15,17,20-21,26H,4-5,7,9-14,16H2,1-3H3,(H,35,40)(H,36,41)(H,34,37,38)/t20-,26?,29+/m1/s1. The maximum Gasteiger partial charge on any atom is 0.419 e. The van der Waals surface area contributed by atoms with Crippen molar-refractivity contribution in [1.29, 1.82) is 0 Å². The van der Waals surface area contributed by atoms with E-state index in [1.807, 2.05) is 0 Å². The molecule has 1 saturated heterocycles. The van der Waals surface area contributed by atoms with Crippen molar-refractivity contribution in [2.24, 2.45) is 11.3 Å². The molecule has 2 aliphatic carbocycles. The molecule has 5 rings (SSSR count). The predicted octanol–water partition coefficient (Wildman–Crippen LogP) is 4.70. The fourth-order valence-corrected chi connectivity index (χ4v) is 6.77. The van der Waals surface area contributed by atoms with Gasteiger partial charge in [-0.2, -0.15) is 13.2 Å². The number of benzene rings is 1. The van der Waals surface area contributed by atoms with Crippen molar-refractivity contribution in [2.75, 3.05) is 32.6 Å². The van der Waals surface area contributed by atoms with Gasteiger partial charge in [0.25, 0.3) is 5.91 Å². The molecular weight excluding hydrogens is 549 g/mol. The molecule has 2 heterocycles. The van der Waals surface area contributed by atoms with Crippen LogP contribution in [0.1, 0.15) is 73.5 Å². The summed E-state index contributed by atoms with van der Waals surface area (Å²) in [5.74, 6) is 0.337. The molecule has 2 aromatic rings. The van der Waals surface area contributed by atoms with Crippen LogP contribution < -0.4 is 20.7 Å². The number of halogens is 3. The molecular formula is C30H39F3N6O3. The van der Waals surface area contributed by atoms with Crippen LogP contribution in [0.3, 0.4) is 0 Å². The highest BCUT2D eigenvalue weighted by molar-refractivity contribution is 5.95.